The van der Waals surface area contributed by atoms with E-state index in [0.717, 1.165) is 27.3 Å². The molecule has 0 saturated heterocycles. The van der Waals surface area contributed by atoms with E-state index in [1.54, 1.807) is 12.4 Å². The van der Waals surface area contributed by atoms with Crippen LogP contribution in [0.4, 0.5) is 5.69 Å². The van der Waals surface area contributed by atoms with Gasteiger partial charge in [0.2, 0.25) is 0 Å². The molecule has 20 heavy (non-hydrogen) atoms. The van der Waals surface area contributed by atoms with E-state index >= 15 is 0 Å². The van der Waals surface area contributed by atoms with E-state index in [1.165, 1.54) is 0 Å². The standard InChI is InChI=1S/C16H14ClN3/c1-11(13-4-2-3-5-14(13)17)20-12-6-7-15-16(10-12)19-9-8-18-15/h2-11,20H,1H3. The summed E-state index contributed by atoms with van der Waals surface area (Å²) in [5.41, 5.74) is 3.85. The minimum Gasteiger partial charge on any atom is -0.378 e. The van der Waals surface area contributed by atoms with Gasteiger partial charge in [-0.3, -0.25) is 9.97 Å². The molecule has 1 N–H and O–H groups in total. The van der Waals surface area contributed by atoms with Gasteiger partial charge in [-0.25, -0.2) is 0 Å². The van der Waals surface area contributed by atoms with Gasteiger partial charge in [0.1, 0.15) is 0 Å². The van der Waals surface area contributed by atoms with Crippen LogP contribution >= 0.6 is 11.6 Å². The first-order valence-electron chi connectivity index (χ1n) is 6.46. The Morgan fingerprint density at radius 1 is 1.00 bits per heavy atom. The van der Waals surface area contributed by atoms with E-state index in [1.807, 2.05) is 42.5 Å². The zero-order chi connectivity index (χ0) is 13.9. The van der Waals surface area contributed by atoms with Crippen LogP contribution in [-0.2, 0) is 0 Å². The lowest BCUT2D eigenvalue weighted by atomic mass is 10.1. The Labute approximate surface area is 122 Å². The van der Waals surface area contributed by atoms with Gasteiger partial charge in [-0.1, -0.05) is 29.8 Å². The number of hydrogen-bond donors (Lipinski definition) is 1. The summed E-state index contributed by atoms with van der Waals surface area (Å²) in [6, 6.07) is 13.9. The number of hydrogen-bond acceptors (Lipinski definition) is 3. The molecule has 3 nitrogen and oxygen atoms in total. The van der Waals surface area contributed by atoms with Crippen molar-refractivity contribution in [1.82, 2.24) is 9.97 Å². The molecule has 3 aromatic rings. The van der Waals surface area contributed by atoms with Crippen LogP contribution in [0.1, 0.15) is 18.5 Å². The average Bonchev–Trinajstić information content (AvgIpc) is 2.47. The molecule has 2 aromatic carbocycles. The smallest absolute Gasteiger partial charge is 0.0907 e. The Kier molecular flexibility index (Phi) is 3.52. The third-order valence-corrected chi connectivity index (χ3v) is 3.57. The first-order chi connectivity index (χ1) is 9.74. The van der Waals surface area contributed by atoms with E-state index in [9.17, 15) is 0 Å². The highest BCUT2D eigenvalue weighted by molar-refractivity contribution is 6.31. The van der Waals surface area contributed by atoms with Gasteiger partial charge in [-0.15, -0.1) is 0 Å². The second kappa shape index (κ2) is 5.47. The SMILES string of the molecule is CC(Nc1ccc2nccnc2c1)c1ccccc1Cl. The number of anilines is 1. The molecule has 1 heterocycles. The molecule has 0 aliphatic heterocycles. The molecule has 100 valence electrons. The predicted octanol–water partition coefficient (Wildman–Crippen LogP) is 4.46. The van der Waals surface area contributed by atoms with Crippen molar-refractivity contribution in [3.8, 4) is 0 Å². The first kappa shape index (κ1) is 12.9. The number of fused-ring (bicyclic) bond motifs is 1. The van der Waals surface area contributed by atoms with Crippen LogP contribution in [0.2, 0.25) is 5.02 Å². The number of nitrogens with one attached hydrogen (secondary N) is 1. The fourth-order valence-electron chi connectivity index (χ4n) is 2.21. The molecule has 4 heteroatoms. The highest BCUT2D eigenvalue weighted by atomic mass is 35.5. The van der Waals surface area contributed by atoms with Crippen molar-refractivity contribution >= 4 is 28.3 Å². The lowest BCUT2D eigenvalue weighted by Crippen LogP contribution is -2.07. The minimum atomic E-state index is 0.123. The number of aromatic nitrogens is 2. The van der Waals surface area contributed by atoms with E-state index in [2.05, 4.69) is 22.2 Å². The summed E-state index contributed by atoms with van der Waals surface area (Å²) < 4.78 is 0. The average molecular weight is 284 g/mol. The zero-order valence-corrected chi connectivity index (χ0v) is 11.8. The lowest BCUT2D eigenvalue weighted by Gasteiger charge is -2.17. The van der Waals surface area contributed by atoms with Gasteiger partial charge >= 0.3 is 0 Å². The van der Waals surface area contributed by atoms with Gasteiger partial charge in [0.05, 0.1) is 11.0 Å². The maximum Gasteiger partial charge on any atom is 0.0907 e. The maximum atomic E-state index is 6.22. The predicted molar refractivity (Wildman–Crippen MR) is 83.0 cm³/mol. The fourth-order valence-corrected chi connectivity index (χ4v) is 2.51. The Morgan fingerprint density at radius 2 is 1.75 bits per heavy atom. The monoisotopic (exact) mass is 283 g/mol. The minimum absolute atomic E-state index is 0.123. The summed E-state index contributed by atoms with van der Waals surface area (Å²) in [5.74, 6) is 0. The molecular formula is C16H14ClN3. The molecule has 0 fully saturated rings. The second-order valence-electron chi connectivity index (χ2n) is 4.65. The molecule has 0 amide bonds. The van der Waals surface area contributed by atoms with Crippen LogP contribution in [-0.4, -0.2) is 9.97 Å². The van der Waals surface area contributed by atoms with Gasteiger partial charge in [-0.05, 0) is 36.8 Å². The Hall–Kier alpha value is -2.13. The third-order valence-electron chi connectivity index (χ3n) is 3.22. The van der Waals surface area contributed by atoms with Crippen LogP contribution in [0.15, 0.2) is 54.9 Å². The lowest BCUT2D eigenvalue weighted by molar-refractivity contribution is 0.885. The highest BCUT2D eigenvalue weighted by Gasteiger charge is 2.09. The molecular weight excluding hydrogens is 270 g/mol. The van der Waals surface area contributed by atoms with Crippen LogP contribution in [0, 0.1) is 0 Å². The van der Waals surface area contributed by atoms with Crippen molar-refractivity contribution in [3.63, 3.8) is 0 Å². The van der Waals surface area contributed by atoms with Crippen molar-refractivity contribution in [1.29, 1.82) is 0 Å². The summed E-state index contributed by atoms with van der Waals surface area (Å²) >= 11 is 6.22. The number of halogens is 1. The molecule has 3 rings (SSSR count). The highest BCUT2D eigenvalue weighted by Crippen LogP contribution is 2.26. The maximum absolute atomic E-state index is 6.22. The van der Waals surface area contributed by atoms with E-state index < -0.39 is 0 Å². The van der Waals surface area contributed by atoms with Crippen LogP contribution < -0.4 is 5.32 Å². The van der Waals surface area contributed by atoms with Gasteiger partial charge < -0.3 is 5.32 Å². The Morgan fingerprint density at radius 3 is 2.55 bits per heavy atom. The molecule has 1 aromatic heterocycles. The summed E-state index contributed by atoms with van der Waals surface area (Å²) in [6.45, 7) is 2.09. The normalized spacial score (nSPS) is 12.3. The zero-order valence-electron chi connectivity index (χ0n) is 11.0. The number of benzene rings is 2. The molecule has 0 spiro atoms. The van der Waals surface area contributed by atoms with Crippen LogP contribution in [0.25, 0.3) is 11.0 Å². The molecule has 0 aliphatic rings. The van der Waals surface area contributed by atoms with Crippen LogP contribution in [0.3, 0.4) is 0 Å². The third kappa shape index (κ3) is 2.58. The topological polar surface area (TPSA) is 37.8 Å². The quantitative estimate of drug-likeness (QED) is 0.771. The molecule has 0 radical (unpaired) electrons. The summed E-state index contributed by atoms with van der Waals surface area (Å²) in [6.07, 6.45) is 3.39. The van der Waals surface area contributed by atoms with E-state index in [-0.39, 0.29) is 6.04 Å². The summed E-state index contributed by atoms with van der Waals surface area (Å²) in [5, 5.41) is 4.21. The van der Waals surface area contributed by atoms with Gasteiger partial charge in [-0.2, -0.15) is 0 Å². The van der Waals surface area contributed by atoms with Gasteiger partial charge in [0.25, 0.3) is 0 Å². The van der Waals surface area contributed by atoms with Crippen molar-refractivity contribution < 1.29 is 0 Å². The molecule has 0 aliphatic carbocycles. The summed E-state index contributed by atoms with van der Waals surface area (Å²) in [4.78, 5) is 8.57. The second-order valence-corrected chi connectivity index (χ2v) is 5.05. The molecule has 0 bridgehead atoms. The van der Waals surface area contributed by atoms with Crippen LogP contribution in [0.5, 0.6) is 0 Å². The number of rotatable bonds is 3. The number of nitrogens with zero attached hydrogens (tertiary/aromatic N) is 2. The van der Waals surface area contributed by atoms with Crippen molar-refractivity contribution in [2.45, 2.75) is 13.0 Å². The fraction of sp³-hybridized carbons (Fsp3) is 0.125. The van der Waals surface area contributed by atoms with Crippen molar-refractivity contribution in [2.24, 2.45) is 0 Å². The Bertz CT molecular complexity index is 742. The molecule has 0 saturated carbocycles. The van der Waals surface area contributed by atoms with Gasteiger partial charge in [0, 0.05) is 29.1 Å². The van der Waals surface area contributed by atoms with Crippen molar-refractivity contribution in [2.75, 3.05) is 5.32 Å². The van der Waals surface area contributed by atoms with Crippen molar-refractivity contribution in [3.05, 3.63) is 65.4 Å². The molecule has 1 unspecified atom stereocenters. The summed E-state index contributed by atoms with van der Waals surface area (Å²) in [7, 11) is 0. The largest absolute Gasteiger partial charge is 0.378 e. The van der Waals surface area contributed by atoms with E-state index in [0.29, 0.717) is 0 Å². The van der Waals surface area contributed by atoms with E-state index in [4.69, 9.17) is 11.6 Å². The molecule has 1 atom stereocenters. The Balaban J connectivity index is 1.87. The first-order valence-corrected chi connectivity index (χ1v) is 6.83. The van der Waals surface area contributed by atoms with Gasteiger partial charge in [0.15, 0.2) is 0 Å².